The summed E-state index contributed by atoms with van der Waals surface area (Å²) in [5, 5.41) is 0. The zero-order chi connectivity index (χ0) is 28.4. The molecule has 2 aliphatic rings. The second-order valence-corrected chi connectivity index (χ2v) is 11.7. The van der Waals surface area contributed by atoms with Crippen molar-refractivity contribution in [3.05, 3.63) is 66.4 Å². The van der Waals surface area contributed by atoms with Crippen molar-refractivity contribution in [2.75, 3.05) is 48.8 Å². The molecule has 2 amide bonds. The fourth-order valence-corrected chi connectivity index (χ4v) is 5.77. The van der Waals surface area contributed by atoms with Crippen LogP contribution in [0.1, 0.15) is 26.3 Å². The predicted octanol–water partition coefficient (Wildman–Crippen LogP) is 5.03. The van der Waals surface area contributed by atoms with Gasteiger partial charge in [0.2, 0.25) is 11.8 Å². The Morgan fingerprint density at radius 1 is 1.10 bits per heavy atom. The van der Waals surface area contributed by atoms with Crippen LogP contribution in [0, 0.1) is 17.2 Å². The molecule has 8 nitrogen and oxygen atoms in total. The first kappa shape index (κ1) is 27.9. The highest BCUT2D eigenvalue weighted by Gasteiger charge is 2.53. The maximum absolute atomic E-state index is 14.2. The van der Waals surface area contributed by atoms with Crippen LogP contribution in [0.15, 0.2) is 59.9 Å². The molecule has 0 radical (unpaired) electrons. The van der Waals surface area contributed by atoms with Crippen molar-refractivity contribution < 1.29 is 18.7 Å². The molecule has 3 aromatic rings. The molecular formula is C30H34FN5O3S. The van der Waals surface area contributed by atoms with Gasteiger partial charge in [-0.15, -0.1) is 11.8 Å². The van der Waals surface area contributed by atoms with Crippen LogP contribution in [0.4, 0.5) is 15.9 Å². The van der Waals surface area contributed by atoms with Gasteiger partial charge in [0.1, 0.15) is 12.1 Å². The molecular weight excluding hydrogens is 529 g/mol. The predicted molar refractivity (Wildman–Crippen MR) is 155 cm³/mol. The molecule has 1 aromatic heterocycles. The van der Waals surface area contributed by atoms with Gasteiger partial charge in [-0.1, -0.05) is 26.0 Å². The number of amides is 2. The number of nitrogens with zero attached hydrogens (tertiary/aromatic N) is 5. The Balaban J connectivity index is 1.24. The number of aromatic nitrogens is 2. The Kier molecular flexibility index (Phi) is 7.98. The maximum atomic E-state index is 14.2. The first-order chi connectivity index (χ1) is 19.2. The van der Waals surface area contributed by atoms with E-state index in [-0.39, 0.29) is 23.1 Å². The average Bonchev–Trinajstić information content (AvgIpc) is 2.90. The van der Waals surface area contributed by atoms with E-state index in [4.69, 9.17) is 4.74 Å². The molecule has 0 saturated carbocycles. The van der Waals surface area contributed by atoms with Crippen LogP contribution in [0.5, 0.6) is 11.5 Å². The van der Waals surface area contributed by atoms with Crippen LogP contribution in [0.3, 0.4) is 0 Å². The summed E-state index contributed by atoms with van der Waals surface area (Å²) in [6, 6.07) is 12.3. The topological polar surface area (TPSA) is 78.9 Å². The lowest BCUT2D eigenvalue weighted by atomic mass is 9.72. The monoisotopic (exact) mass is 563 g/mol. The van der Waals surface area contributed by atoms with Gasteiger partial charge in [0.05, 0.1) is 18.3 Å². The third-order valence-corrected chi connectivity index (χ3v) is 8.18. The van der Waals surface area contributed by atoms with Gasteiger partial charge >= 0.3 is 0 Å². The van der Waals surface area contributed by atoms with E-state index < -0.39 is 5.82 Å². The van der Waals surface area contributed by atoms with E-state index in [0.717, 1.165) is 31.7 Å². The number of hydrogen-bond donors (Lipinski definition) is 0. The van der Waals surface area contributed by atoms with E-state index in [9.17, 15) is 14.0 Å². The normalized spacial score (nSPS) is 15.6. The first-order valence-electron chi connectivity index (χ1n) is 13.5. The van der Waals surface area contributed by atoms with Crippen LogP contribution in [0.25, 0.3) is 0 Å². The smallest absolute Gasteiger partial charge is 0.229 e. The summed E-state index contributed by atoms with van der Waals surface area (Å²) < 4.78 is 20.5. The number of likely N-dealkylation sites (tertiary alicyclic amines) is 1. The Bertz CT molecular complexity index is 1390. The van der Waals surface area contributed by atoms with Gasteiger partial charge < -0.3 is 19.4 Å². The summed E-state index contributed by atoms with van der Waals surface area (Å²) in [6.07, 6.45) is 5.50. The van der Waals surface area contributed by atoms with Crippen LogP contribution >= 0.6 is 11.8 Å². The molecule has 2 fully saturated rings. The highest BCUT2D eigenvalue weighted by Crippen LogP contribution is 2.45. The summed E-state index contributed by atoms with van der Waals surface area (Å²) in [4.78, 5) is 41.0. The zero-order valence-corrected chi connectivity index (χ0v) is 24.1. The molecule has 0 unspecified atom stereocenters. The van der Waals surface area contributed by atoms with Crippen molar-refractivity contribution >= 4 is 35.1 Å². The van der Waals surface area contributed by atoms with E-state index in [2.05, 4.69) is 14.9 Å². The van der Waals surface area contributed by atoms with Crippen molar-refractivity contribution in [1.29, 1.82) is 0 Å². The van der Waals surface area contributed by atoms with E-state index in [1.807, 2.05) is 56.2 Å². The van der Waals surface area contributed by atoms with Crippen molar-refractivity contribution in [1.82, 2.24) is 14.9 Å². The number of hydrogen-bond acceptors (Lipinski definition) is 7. The third kappa shape index (κ3) is 5.63. The molecule has 0 N–H and O–H groups in total. The summed E-state index contributed by atoms with van der Waals surface area (Å²) in [7, 11) is 0. The van der Waals surface area contributed by atoms with Gasteiger partial charge in [-0.05, 0) is 43.0 Å². The quantitative estimate of drug-likeness (QED) is 0.338. The molecule has 2 aromatic carbocycles. The molecule has 10 heteroatoms. The van der Waals surface area contributed by atoms with Gasteiger partial charge in [-0.2, -0.15) is 0 Å². The Morgan fingerprint density at radius 2 is 1.82 bits per heavy atom. The summed E-state index contributed by atoms with van der Waals surface area (Å²) in [5.74, 6) is 0.744. The largest absolute Gasteiger partial charge is 0.450 e. The van der Waals surface area contributed by atoms with Crippen molar-refractivity contribution in [3.63, 3.8) is 0 Å². The van der Waals surface area contributed by atoms with Gasteiger partial charge in [0, 0.05) is 55.0 Å². The lowest BCUT2D eigenvalue weighted by molar-refractivity contribution is -0.144. The van der Waals surface area contributed by atoms with E-state index in [1.54, 1.807) is 18.0 Å². The van der Waals surface area contributed by atoms with Crippen LogP contribution in [-0.2, 0) is 16.0 Å². The highest BCUT2D eigenvalue weighted by atomic mass is 32.2. The fourth-order valence-electron chi connectivity index (χ4n) is 5.37. The van der Waals surface area contributed by atoms with Crippen molar-refractivity contribution in [2.24, 2.45) is 11.3 Å². The maximum Gasteiger partial charge on any atom is 0.229 e. The second-order valence-electron chi connectivity index (χ2n) is 10.8. The van der Waals surface area contributed by atoms with Gasteiger partial charge in [-0.3, -0.25) is 9.59 Å². The molecule has 2 saturated heterocycles. The Hall–Kier alpha value is -3.66. The molecule has 5 rings (SSSR count). The highest BCUT2D eigenvalue weighted by molar-refractivity contribution is 7.98. The number of benzene rings is 2. The van der Waals surface area contributed by atoms with Crippen LogP contribution in [-0.4, -0.2) is 65.7 Å². The number of ether oxygens (including phenoxy) is 1. The molecule has 40 heavy (non-hydrogen) atoms. The van der Waals surface area contributed by atoms with Crippen LogP contribution in [0.2, 0.25) is 0 Å². The molecule has 3 heterocycles. The third-order valence-electron chi connectivity index (χ3n) is 7.44. The molecule has 2 aliphatic heterocycles. The number of anilines is 2. The molecule has 210 valence electrons. The van der Waals surface area contributed by atoms with E-state index >= 15 is 0 Å². The SMILES string of the molecule is CCN(C(=O)C(C)C)c1cc(F)ccc1Oc1cncnc1N1CC2(CN(C(=O)Cc3ccc(SC)cc3)C2)C1. The van der Waals surface area contributed by atoms with Gasteiger partial charge in [0.25, 0.3) is 0 Å². The Morgan fingerprint density at radius 3 is 2.48 bits per heavy atom. The average molecular weight is 564 g/mol. The number of carbonyl (C=O) groups excluding carboxylic acids is 2. The lowest BCUT2D eigenvalue weighted by Crippen LogP contribution is -2.73. The summed E-state index contributed by atoms with van der Waals surface area (Å²) >= 11 is 1.69. The zero-order valence-electron chi connectivity index (χ0n) is 23.3. The van der Waals surface area contributed by atoms with E-state index in [1.165, 1.54) is 34.3 Å². The Labute approximate surface area is 238 Å². The molecule has 0 atom stereocenters. The van der Waals surface area contributed by atoms with Crippen molar-refractivity contribution in [3.8, 4) is 11.5 Å². The summed E-state index contributed by atoms with van der Waals surface area (Å²) in [5.41, 5.74) is 1.44. The minimum Gasteiger partial charge on any atom is -0.450 e. The molecule has 0 aliphatic carbocycles. The number of thioether (sulfide) groups is 1. The fraction of sp³-hybridized carbons (Fsp3) is 0.400. The summed E-state index contributed by atoms with van der Waals surface area (Å²) in [6.45, 7) is 8.78. The molecule has 1 spiro atoms. The second kappa shape index (κ2) is 11.4. The van der Waals surface area contributed by atoms with Crippen LogP contribution < -0.4 is 14.5 Å². The standard InChI is InChI=1S/C30H34FN5O3S/c1-5-36(29(38)20(2)3)24-13-22(31)8-11-25(24)39-26-14-32-19-33-28(26)35-17-30(18-35)15-34(16-30)27(37)12-21-6-9-23(40-4)10-7-21/h6-11,13-14,19-20H,5,12,15-18H2,1-4H3. The lowest BCUT2D eigenvalue weighted by Gasteiger charge is -2.60. The number of halogens is 1. The van der Waals surface area contributed by atoms with E-state index in [0.29, 0.717) is 36.0 Å². The molecule has 0 bridgehead atoms. The van der Waals surface area contributed by atoms with Gasteiger partial charge in [0.15, 0.2) is 17.3 Å². The van der Waals surface area contributed by atoms with Crippen molar-refractivity contribution in [2.45, 2.75) is 32.1 Å². The minimum absolute atomic E-state index is 0.0459. The minimum atomic E-state index is -0.451. The number of carbonyl (C=O) groups is 2. The van der Waals surface area contributed by atoms with Gasteiger partial charge in [-0.25, -0.2) is 14.4 Å². The first-order valence-corrected chi connectivity index (χ1v) is 14.7. The number of rotatable bonds is 9.